The highest BCUT2D eigenvalue weighted by Gasteiger charge is 2.64. The fraction of sp³-hybridized carbons (Fsp3) is 1.00. The highest BCUT2D eigenvalue weighted by Crippen LogP contribution is 2.67. The van der Waals surface area contributed by atoms with Gasteiger partial charge in [-0.05, 0) is 174 Å². The number of likely N-dealkylation sites (tertiary alicyclic amines) is 2. The Balaban J connectivity index is 0.775. The number of hydrogen-bond acceptors (Lipinski definition) is 5. The number of nitrogens with one attached hydrogen (secondary N) is 3. The Morgan fingerprint density at radius 1 is 0.415 bits per heavy atom. The second-order valence-corrected chi connectivity index (χ2v) is 22.7. The summed E-state index contributed by atoms with van der Waals surface area (Å²) in [5.74, 6) is 9.96. The smallest absolute Gasteiger partial charge is 0.0258 e. The molecule has 0 bridgehead atoms. The first-order valence-electron chi connectivity index (χ1n) is 24.8. The normalized spacial score (nSPS) is 53.2. The summed E-state index contributed by atoms with van der Waals surface area (Å²) in [4.78, 5) is 6.65. The minimum Gasteiger partial charge on any atom is -0.315 e. The Kier molecular flexibility index (Phi) is 9.87. The van der Waals surface area contributed by atoms with E-state index in [1.54, 1.807) is 38.5 Å². The Hall–Kier alpha value is -0.200. The molecular weight excluding hydrogens is 647 g/mol. The summed E-state index contributed by atoms with van der Waals surface area (Å²) < 4.78 is 0. The molecule has 11 fully saturated rings. The minimum absolute atomic E-state index is 0.575. The summed E-state index contributed by atoms with van der Waals surface area (Å²) in [7, 11) is 0. The second kappa shape index (κ2) is 14.6. The predicted molar refractivity (Wildman–Crippen MR) is 218 cm³/mol. The number of fused-ring (bicyclic) bond motifs is 9. The molecule has 7 aliphatic carbocycles. The van der Waals surface area contributed by atoms with Gasteiger partial charge in [0.15, 0.2) is 0 Å². The predicted octanol–water partition coefficient (Wildman–Crippen LogP) is 8.62. The second-order valence-electron chi connectivity index (χ2n) is 22.7. The molecule has 3 N–H and O–H groups in total. The molecule has 15 unspecified atom stereocenters. The van der Waals surface area contributed by atoms with Gasteiger partial charge in [0.2, 0.25) is 0 Å². The molecule has 0 aromatic carbocycles. The minimum atomic E-state index is 0.575. The van der Waals surface area contributed by atoms with E-state index >= 15 is 0 Å². The first kappa shape index (κ1) is 35.9. The molecule has 0 radical (unpaired) electrons. The maximum Gasteiger partial charge on any atom is 0.0258 e. The molecule has 4 saturated heterocycles. The van der Waals surface area contributed by atoms with E-state index < -0.39 is 0 Å². The number of nitrogens with zero attached hydrogens (tertiary/aromatic N) is 2. The summed E-state index contributed by atoms with van der Waals surface area (Å²) in [6.07, 6.45) is 34.7. The average molecular weight is 728 g/mol. The van der Waals surface area contributed by atoms with Crippen molar-refractivity contribution in [1.82, 2.24) is 25.8 Å². The Bertz CT molecular complexity index is 1260. The van der Waals surface area contributed by atoms with Crippen LogP contribution in [0.25, 0.3) is 0 Å². The average Bonchev–Trinajstić information content (AvgIpc) is 3.80. The summed E-state index contributed by atoms with van der Waals surface area (Å²) >= 11 is 0. The van der Waals surface area contributed by atoms with Gasteiger partial charge < -0.3 is 16.0 Å². The fourth-order valence-electron chi connectivity index (χ4n) is 18.5. The van der Waals surface area contributed by atoms with E-state index in [0.717, 1.165) is 101 Å². The van der Waals surface area contributed by atoms with Crippen molar-refractivity contribution in [1.29, 1.82) is 0 Å². The van der Waals surface area contributed by atoms with Crippen molar-refractivity contribution < 1.29 is 0 Å². The van der Waals surface area contributed by atoms with Crippen LogP contribution in [-0.2, 0) is 0 Å². The highest BCUT2D eigenvalue weighted by molar-refractivity contribution is 5.15. The van der Waals surface area contributed by atoms with Crippen molar-refractivity contribution >= 4 is 0 Å². The standard InChI is InChI=1S/C48H81N5/c1-48(2)40-14-8-6-12-34(40)37-25-39-35-13-7-9-15-44(35)53(46(39)26-41(37)48)33-20-21-45-38(24-33)36-22-23-49-29-47(36)52(45)32-18-16-31(17-19-32)43-28-50-42(27-51-43)30-10-4-3-5-11-30/h30-47,49-51H,3-29H2,1-2H3. The monoisotopic (exact) mass is 728 g/mol. The van der Waals surface area contributed by atoms with Gasteiger partial charge in [-0.25, -0.2) is 0 Å². The van der Waals surface area contributed by atoms with E-state index in [-0.39, 0.29) is 0 Å². The SMILES string of the molecule is CC1(C)C2CCCCC2C2CC3C4CCCCC4N(C4CCC5C(C4)C4CCNCC4N5C4CCC(C5CNC(C6CCCCC6)CN5)CC4)C3CC21. The molecule has 0 spiro atoms. The lowest BCUT2D eigenvalue weighted by atomic mass is 9.62. The molecule has 11 aliphatic rings. The van der Waals surface area contributed by atoms with Crippen molar-refractivity contribution in [2.45, 2.75) is 210 Å². The number of rotatable bonds is 4. The maximum atomic E-state index is 4.12. The van der Waals surface area contributed by atoms with Gasteiger partial charge in [-0.2, -0.15) is 0 Å². The summed E-state index contributed by atoms with van der Waals surface area (Å²) in [6, 6.07) is 6.72. The molecule has 0 aromatic heterocycles. The Labute approximate surface area is 325 Å². The Morgan fingerprint density at radius 3 is 1.83 bits per heavy atom. The molecule has 5 nitrogen and oxygen atoms in total. The van der Waals surface area contributed by atoms with Crippen LogP contribution in [0.4, 0.5) is 0 Å². The van der Waals surface area contributed by atoms with E-state index in [9.17, 15) is 0 Å². The van der Waals surface area contributed by atoms with Gasteiger partial charge in [0.05, 0.1) is 0 Å². The van der Waals surface area contributed by atoms with Crippen LogP contribution in [0.2, 0.25) is 0 Å². The molecule has 5 heteroatoms. The Morgan fingerprint density at radius 2 is 1.04 bits per heavy atom. The van der Waals surface area contributed by atoms with Crippen molar-refractivity contribution in [2.24, 2.45) is 64.6 Å². The zero-order valence-electron chi connectivity index (χ0n) is 34.4. The number of hydrogen-bond donors (Lipinski definition) is 3. The van der Waals surface area contributed by atoms with Gasteiger partial charge in [0.1, 0.15) is 0 Å². The van der Waals surface area contributed by atoms with Crippen LogP contribution in [0.1, 0.15) is 162 Å². The van der Waals surface area contributed by atoms with Gasteiger partial charge in [0.25, 0.3) is 0 Å². The van der Waals surface area contributed by atoms with Crippen LogP contribution in [0.15, 0.2) is 0 Å². The van der Waals surface area contributed by atoms with Crippen molar-refractivity contribution in [3.8, 4) is 0 Å². The topological polar surface area (TPSA) is 42.6 Å². The van der Waals surface area contributed by atoms with Gasteiger partial charge in [-0.1, -0.05) is 58.8 Å². The van der Waals surface area contributed by atoms with Crippen molar-refractivity contribution in [2.75, 3.05) is 26.2 Å². The van der Waals surface area contributed by atoms with Gasteiger partial charge in [0, 0.05) is 68.0 Å². The van der Waals surface area contributed by atoms with Crippen LogP contribution in [0, 0.1) is 64.6 Å². The largest absolute Gasteiger partial charge is 0.315 e. The lowest BCUT2D eigenvalue weighted by Crippen LogP contribution is -2.60. The van der Waals surface area contributed by atoms with Crippen molar-refractivity contribution in [3.05, 3.63) is 0 Å². The first-order chi connectivity index (χ1) is 26.0. The molecule has 298 valence electrons. The lowest BCUT2D eigenvalue weighted by Gasteiger charge is -2.49. The van der Waals surface area contributed by atoms with Gasteiger partial charge >= 0.3 is 0 Å². The third-order valence-electron chi connectivity index (χ3n) is 20.7. The highest BCUT2D eigenvalue weighted by atomic mass is 15.3. The summed E-state index contributed by atoms with van der Waals surface area (Å²) in [5.41, 5.74) is 0.575. The lowest BCUT2D eigenvalue weighted by molar-refractivity contribution is -0.00207. The van der Waals surface area contributed by atoms with Crippen LogP contribution >= 0.6 is 0 Å². The van der Waals surface area contributed by atoms with E-state index in [0.29, 0.717) is 11.5 Å². The molecule has 4 heterocycles. The molecule has 11 rings (SSSR count). The molecule has 0 aromatic rings. The van der Waals surface area contributed by atoms with Crippen LogP contribution in [0.3, 0.4) is 0 Å². The van der Waals surface area contributed by atoms with E-state index in [1.165, 1.54) is 135 Å². The molecule has 0 amide bonds. The van der Waals surface area contributed by atoms with E-state index in [1.807, 2.05) is 0 Å². The molecule has 7 saturated carbocycles. The third kappa shape index (κ3) is 6.04. The molecule has 53 heavy (non-hydrogen) atoms. The van der Waals surface area contributed by atoms with Crippen LogP contribution < -0.4 is 16.0 Å². The van der Waals surface area contributed by atoms with Gasteiger partial charge in [-0.15, -0.1) is 0 Å². The molecule has 4 aliphatic heterocycles. The fourth-order valence-corrected chi connectivity index (χ4v) is 18.5. The van der Waals surface area contributed by atoms with Crippen LogP contribution in [-0.4, -0.2) is 84.3 Å². The summed E-state index contributed by atoms with van der Waals surface area (Å²) in [6.45, 7) is 10.5. The number of piperidine rings is 1. The number of piperazine rings is 1. The third-order valence-corrected chi connectivity index (χ3v) is 20.7. The van der Waals surface area contributed by atoms with E-state index in [2.05, 4.69) is 39.6 Å². The zero-order chi connectivity index (χ0) is 35.3. The molecular formula is C48H81N5. The first-order valence-corrected chi connectivity index (χ1v) is 24.8. The van der Waals surface area contributed by atoms with Crippen molar-refractivity contribution in [3.63, 3.8) is 0 Å². The summed E-state index contributed by atoms with van der Waals surface area (Å²) in [5, 5.41) is 12.1. The molecule has 15 atom stereocenters. The van der Waals surface area contributed by atoms with Crippen LogP contribution in [0.5, 0.6) is 0 Å². The maximum absolute atomic E-state index is 4.12. The quantitative estimate of drug-likeness (QED) is 0.271. The zero-order valence-corrected chi connectivity index (χ0v) is 34.4. The van der Waals surface area contributed by atoms with Gasteiger partial charge in [-0.3, -0.25) is 9.80 Å². The van der Waals surface area contributed by atoms with E-state index in [4.69, 9.17) is 0 Å².